The molecule has 0 radical (unpaired) electrons. The Bertz CT molecular complexity index is 733. The first-order chi connectivity index (χ1) is 13.2. The molecular formula is C21H26O7. The number of aliphatic hydroxyl groups excluding tert-OH is 1. The minimum absolute atomic E-state index is 0.0476. The van der Waals surface area contributed by atoms with Gasteiger partial charge < -0.3 is 19.3 Å². The number of ether oxygens (including phenoxy) is 3. The molecule has 1 N–H and O–H groups in total. The summed E-state index contributed by atoms with van der Waals surface area (Å²) in [6, 6.07) is 0. The van der Waals surface area contributed by atoms with Gasteiger partial charge in [0.05, 0.1) is 12.0 Å². The van der Waals surface area contributed by atoms with E-state index in [1.807, 2.05) is 0 Å². The molecule has 0 aromatic rings. The molecule has 0 spiro atoms. The van der Waals surface area contributed by atoms with Gasteiger partial charge in [0.2, 0.25) is 0 Å². The molecule has 7 heteroatoms. The smallest absolute Gasteiger partial charge is 0.334 e. The minimum Gasteiger partial charge on any atom is -0.455 e. The van der Waals surface area contributed by atoms with Crippen LogP contribution in [0.4, 0.5) is 0 Å². The molecule has 1 heterocycles. The second kappa shape index (κ2) is 9.12. The summed E-state index contributed by atoms with van der Waals surface area (Å²) in [6.07, 6.45) is -1.01. The average Bonchev–Trinajstić information content (AvgIpc) is 2.95. The van der Waals surface area contributed by atoms with Gasteiger partial charge >= 0.3 is 11.9 Å². The lowest BCUT2D eigenvalue weighted by Gasteiger charge is -2.31. The molecular weight excluding hydrogens is 364 g/mol. The topological polar surface area (TPSA) is 99.1 Å². The summed E-state index contributed by atoms with van der Waals surface area (Å²) in [5.74, 6) is -2.27. The van der Waals surface area contributed by atoms with Crippen molar-refractivity contribution >= 4 is 18.2 Å². The van der Waals surface area contributed by atoms with E-state index in [-0.39, 0.29) is 16.7 Å². The molecule has 152 valence electrons. The van der Waals surface area contributed by atoms with Crippen LogP contribution in [-0.4, -0.2) is 54.4 Å². The first-order valence-electron chi connectivity index (χ1n) is 9.11. The Kier molecular flexibility index (Phi) is 7.10. The van der Waals surface area contributed by atoms with E-state index in [9.17, 15) is 19.5 Å². The summed E-state index contributed by atoms with van der Waals surface area (Å²) in [5, 5.41) is 10.7. The van der Waals surface area contributed by atoms with E-state index >= 15 is 0 Å². The zero-order valence-corrected chi connectivity index (χ0v) is 16.2. The third-order valence-electron chi connectivity index (χ3n) is 4.90. The Hall–Kier alpha value is -2.51. The quantitative estimate of drug-likeness (QED) is 0.331. The first kappa shape index (κ1) is 21.8. The molecule has 0 unspecified atom stereocenters. The van der Waals surface area contributed by atoms with Crippen molar-refractivity contribution in [2.75, 3.05) is 6.61 Å². The van der Waals surface area contributed by atoms with Crippen LogP contribution in [0.25, 0.3) is 0 Å². The molecule has 1 saturated heterocycles. The second-order valence-electron chi connectivity index (χ2n) is 6.94. The van der Waals surface area contributed by atoms with Crippen LogP contribution >= 0.6 is 0 Å². The molecule has 1 aliphatic carbocycles. The van der Waals surface area contributed by atoms with E-state index in [2.05, 4.69) is 19.7 Å². The van der Waals surface area contributed by atoms with Gasteiger partial charge in [0.25, 0.3) is 0 Å². The Labute approximate surface area is 164 Å². The second-order valence-corrected chi connectivity index (χ2v) is 6.94. The van der Waals surface area contributed by atoms with Gasteiger partial charge in [0.1, 0.15) is 24.6 Å². The highest BCUT2D eigenvalue weighted by molar-refractivity contribution is 5.92. The number of carbonyl (C=O) groups excluding carboxylic acids is 3. The molecule has 0 aromatic heterocycles. The highest BCUT2D eigenvalue weighted by Crippen LogP contribution is 2.37. The fraction of sp³-hybridized carbons (Fsp3) is 0.476. The van der Waals surface area contributed by atoms with Crippen LogP contribution in [0, 0.1) is 5.92 Å². The molecule has 0 amide bonds. The summed E-state index contributed by atoms with van der Waals surface area (Å²) in [5.41, 5.74) is 0.902. The normalized spacial score (nSPS) is 32.6. The molecule has 7 nitrogen and oxygen atoms in total. The van der Waals surface area contributed by atoms with Crippen molar-refractivity contribution in [3.8, 4) is 0 Å². The SMILES string of the molecule is C=C(C)C(=O)O[C@@H]1/C=C(\C=O)[C@@H](OCC)CCC(=C)[C@H](O)[C@H]2OC(=O)C(=C)[C@@H]21. The molecule has 1 aliphatic heterocycles. The van der Waals surface area contributed by atoms with Crippen LogP contribution in [0.15, 0.2) is 48.1 Å². The number of fused-ring (bicyclic) bond motifs is 1. The lowest BCUT2D eigenvalue weighted by Crippen LogP contribution is -2.41. The maximum atomic E-state index is 12.2. The van der Waals surface area contributed by atoms with Crippen LogP contribution < -0.4 is 0 Å². The minimum atomic E-state index is -1.17. The number of hydrogen-bond donors (Lipinski definition) is 1. The van der Waals surface area contributed by atoms with Gasteiger partial charge in [-0.15, -0.1) is 0 Å². The number of rotatable bonds is 5. The van der Waals surface area contributed by atoms with Crippen molar-refractivity contribution in [3.05, 3.63) is 48.1 Å². The van der Waals surface area contributed by atoms with Gasteiger partial charge in [-0.2, -0.15) is 0 Å². The lowest BCUT2D eigenvalue weighted by molar-refractivity contribution is -0.148. The zero-order valence-electron chi connectivity index (χ0n) is 16.2. The molecule has 1 fully saturated rings. The monoisotopic (exact) mass is 390 g/mol. The summed E-state index contributed by atoms with van der Waals surface area (Å²) < 4.78 is 16.5. The van der Waals surface area contributed by atoms with E-state index in [1.165, 1.54) is 13.0 Å². The zero-order chi connectivity index (χ0) is 21.0. The van der Waals surface area contributed by atoms with Crippen molar-refractivity contribution in [3.63, 3.8) is 0 Å². The van der Waals surface area contributed by atoms with Crippen LogP contribution in [0.3, 0.4) is 0 Å². The molecule has 0 bridgehead atoms. The fourth-order valence-electron chi connectivity index (χ4n) is 3.34. The van der Waals surface area contributed by atoms with E-state index in [4.69, 9.17) is 14.2 Å². The molecule has 2 aliphatic rings. The molecule has 5 atom stereocenters. The predicted octanol–water partition coefficient (Wildman–Crippen LogP) is 1.81. The molecule has 28 heavy (non-hydrogen) atoms. The number of aliphatic hydroxyl groups is 1. The summed E-state index contributed by atoms with van der Waals surface area (Å²) in [7, 11) is 0. The van der Waals surface area contributed by atoms with Crippen molar-refractivity contribution < 1.29 is 33.7 Å². The highest BCUT2D eigenvalue weighted by atomic mass is 16.6. The fourth-order valence-corrected chi connectivity index (χ4v) is 3.34. The molecule has 0 saturated carbocycles. The van der Waals surface area contributed by atoms with Crippen LogP contribution in [-0.2, 0) is 28.6 Å². The lowest BCUT2D eigenvalue weighted by atomic mass is 9.82. The van der Waals surface area contributed by atoms with Crippen LogP contribution in [0.5, 0.6) is 0 Å². The molecule has 2 rings (SSSR count). The van der Waals surface area contributed by atoms with Gasteiger partial charge in [-0.05, 0) is 38.3 Å². The summed E-state index contributed by atoms with van der Waals surface area (Å²) in [4.78, 5) is 36.1. The Morgan fingerprint density at radius 1 is 1.43 bits per heavy atom. The van der Waals surface area contributed by atoms with Crippen molar-refractivity contribution in [2.24, 2.45) is 5.92 Å². The third-order valence-corrected chi connectivity index (χ3v) is 4.90. The van der Waals surface area contributed by atoms with Crippen molar-refractivity contribution in [1.29, 1.82) is 0 Å². The first-order valence-corrected chi connectivity index (χ1v) is 9.11. The van der Waals surface area contributed by atoms with Gasteiger partial charge in [-0.1, -0.05) is 19.7 Å². The number of esters is 2. The van der Waals surface area contributed by atoms with E-state index < -0.39 is 42.3 Å². The maximum absolute atomic E-state index is 12.2. The number of aldehydes is 1. The van der Waals surface area contributed by atoms with Gasteiger partial charge in [0, 0.05) is 23.3 Å². The van der Waals surface area contributed by atoms with E-state index in [1.54, 1.807) is 6.92 Å². The average molecular weight is 390 g/mol. The Morgan fingerprint density at radius 2 is 2.11 bits per heavy atom. The Balaban J connectivity index is 2.58. The maximum Gasteiger partial charge on any atom is 0.334 e. The van der Waals surface area contributed by atoms with Gasteiger partial charge in [0.15, 0.2) is 0 Å². The summed E-state index contributed by atoms with van der Waals surface area (Å²) >= 11 is 0. The van der Waals surface area contributed by atoms with Crippen LogP contribution in [0.1, 0.15) is 26.7 Å². The number of hydrogen-bond acceptors (Lipinski definition) is 7. The van der Waals surface area contributed by atoms with Gasteiger partial charge in [-0.3, -0.25) is 4.79 Å². The molecule has 0 aromatic carbocycles. The van der Waals surface area contributed by atoms with E-state index in [0.29, 0.717) is 31.3 Å². The van der Waals surface area contributed by atoms with Crippen molar-refractivity contribution in [1.82, 2.24) is 0 Å². The Morgan fingerprint density at radius 3 is 2.68 bits per heavy atom. The van der Waals surface area contributed by atoms with Crippen molar-refractivity contribution in [2.45, 2.75) is 51.1 Å². The largest absolute Gasteiger partial charge is 0.455 e. The third kappa shape index (κ3) is 4.48. The van der Waals surface area contributed by atoms with Gasteiger partial charge in [-0.25, -0.2) is 9.59 Å². The predicted molar refractivity (Wildman–Crippen MR) is 101 cm³/mol. The number of carbonyl (C=O) groups is 3. The van der Waals surface area contributed by atoms with Crippen LogP contribution in [0.2, 0.25) is 0 Å². The highest BCUT2D eigenvalue weighted by Gasteiger charge is 2.49. The summed E-state index contributed by atoms with van der Waals surface area (Å²) in [6.45, 7) is 14.8. The standard InChI is InChI=1S/C21H26O7/c1-6-26-15-8-7-12(4)18(23)19-17(13(5)21(25)28-19)16(9-14(15)10-22)27-20(24)11(2)3/h9-10,15-19,23H,2,4-8H2,1,3H3/b14-9+/t15-,16+,17+,18-,19-/m0/s1. The van der Waals surface area contributed by atoms with E-state index in [0.717, 1.165) is 0 Å².